The summed E-state index contributed by atoms with van der Waals surface area (Å²) >= 11 is 0. The lowest BCUT2D eigenvalue weighted by molar-refractivity contribution is 0.471. The van der Waals surface area contributed by atoms with Gasteiger partial charge in [0.25, 0.3) is 0 Å². The number of hydrogen-bond donors (Lipinski definition) is 2. The van der Waals surface area contributed by atoms with Gasteiger partial charge in [0.05, 0.1) is 11.9 Å². The molecule has 1 aromatic rings. The lowest BCUT2D eigenvalue weighted by Crippen LogP contribution is -2.19. The Hall–Kier alpha value is -1.09. The van der Waals surface area contributed by atoms with Crippen molar-refractivity contribution in [2.45, 2.75) is 20.4 Å². The number of hydrogen-bond acceptors (Lipinski definition) is 3. The maximum Gasteiger partial charge on any atom is 0.133 e. The van der Waals surface area contributed by atoms with E-state index in [4.69, 9.17) is 5.11 Å². The molecular formula is C10H16N2O. The number of rotatable bonds is 4. The number of nitrogens with zero attached hydrogens (tertiary/aromatic N) is 1. The van der Waals surface area contributed by atoms with Crippen molar-refractivity contribution in [2.24, 2.45) is 5.92 Å². The van der Waals surface area contributed by atoms with E-state index in [1.54, 1.807) is 6.07 Å². The van der Waals surface area contributed by atoms with E-state index in [2.05, 4.69) is 24.1 Å². The molecule has 0 spiro atoms. The van der Waals surface area contributed by atoms with Gasteiger partial charge in [-0.05, 0) is 24.6 Å². The molecule has 0 aliphatic carbocycles. The summed E-state index contributed by atoms with van der Waals surface area (Å²) in [6.07, 6.45) is 1.46. The van der Waals surface area contributed by atoms with Crippen molar-refractivity contribution in [2.75, 3.05) is 6.54 Å². The Bertz CT molecular complexity index is 244. The summed E-state index contributed by atoms with van der Waals surface area (Å²) in [5, 5.41) is 12.3. The Morgan fingerprint density at radius 1 is 1.46 bits per heavy atom. The van der Waals surface area contributed by atoms with Gasteiger partial charge in [-0.25, -0.2) is 0 Å². The highest BCUT2D eigenvalue weighted by molar-refractivity contribution is 5.17. The van der Waals surface area contributed by atoms with Gasteiger partial charge in [-0.15, -0.1) is 0 Å². The van der Waals surface area contributed by atoms with Crippen LogP contribution in [0.4, 0.5) is 0 Å². The van der Waals surface area contributed by atoms with Crippen LogP contribution in [0.25, 0.3) is 0 Å². The fraction of sp³-hybridized carbons (Fsp3) is 0.500. The molecule has 13 heavy (non-hydrogen) atoms. The molecule has 2 N–H and O–H groups in total. The van der Waals surface area contributed by atoms with Crippen molar-refractivity contribution in [1.29, 1.82) is 0 Å². The molecule has 3 heteroatoms. The predicted octanol–water partition coefficient (Wildman–Crippen LogP) is 1.53. The number of nitrogens with one attached hydrogen (secondary N) is 1. The molecule has 0 fully saturated rings. The van der Waals surface area contributed by atoms with E-state index in [0.29, 0.717) is 5.92 Å². The second-order valence-electron chi connectivity index (χ2n) is 3.53. The van der Waals surface area contributed by atoms with E-state index in [1.807, 2.05) is 6.07 Å². The molecule has 0 amide bonds. The normalized spacial score (nSPS) is 10.7. The second-order valence-corrected chi connectivity index (χ2v) is 3.53. The first-order valence-electron chi connectivity index (χ1n) is 4.53. The summed E-state index contributed by atoms with van der Waals surface area (Å²) in [5.41, 5.74) is 0.957. The Morgan fingerprint density at radius 3 is 2.77 bits per heavy atom. The van der Waals surface area contributed by atoms with E-state index in [1.165, 1.54) is 6.20 Å². The van der Waals surface area contributed by atoms with E-state index in [0.717, 1.165) is 18.8 Å². The van der Waals surface area contributed by atoms with Crippen LogP contribution in [-0.4, -0.2) is 16.6 Å². The SMILES string of the molecule is CC(C)CNCc1ccc(O)cn1. The fourth-order valence-corrected chi connectivity index (χ4v) is 1.01. The third-order valence-corrected chi connectivity index (χ3v) is 1.67. The summed E-state index contributed by atoms with van der Waals surface area (Å²) in [4.78, 5) is 4.06. The zero-order chi connectivity index (χ0) is 9.68. The lowest BCUT2D eigenvalue weighted by Gasteiger charge is -2.06. The minimum Gasteiger partial charge on any atom is -0.506 e. The van der Waals surface area contributed by atoms with Crippen LogP contribution in [0.5, 0.6) is 5.75 Å². The average molecular weight is 180 g/mol. The smallest absolute Gasteiger partial charge is 0.133 e. The molecule has 0 radical (unpaired) electrons. The average Bonchev–Trinajstić information content (AvgIpc) is 2.08. The van der Waals surface area contributed by atoms with Gasteiger partial charge in [0.1, 0.15) is 5.75 Å². The zero-order valence-corrected chi connectivity index (χ0v) is 8.12. The summed E-state index contributed by atoms with van der Waals surface area (Å²) in [7, 11) is 0. The van der Waals surface area contributed by atoms with E-state index in [9.17, 15) is 0 Å². The first kappa shape index (κ1) is 9.99. The largest absolute Gasteiger partial charge is 0.506 e. The quantitative estimate of drug-likeness (QED) is 0.738. The second kappa shape index (κ2) is 4.82. The minimum absolute atomic E-state index is 0.215. The van der Waals surface area contributed by atoms with Gasteiger partial charge < -0.3 is 10.4 Å². The molecule has 1 rings (SSSR count). The lowest BCUT2D eigenvalue weighted by atomic mass is 10.2. The highest BCUT2D eigenvalue weighted by atomic mass is 16.3. The molecular weight excluding hydrogens is 164 g/mol. The highest BCUT2D eigenvalue weighted by Gasteiger charge is 1.95. The Balaban J connectivity index is 2.33. The van der Waals surface area contributed by atoms with E-state index in [-0.39, 0.29) is 5.75 Å². The summed E-state index contributed by atoms with van der Waals surface area (Å²) in [6.45, 7) is 6.08. The van der Waals surface area contributed by atoms with Crippen molar-refractivity contribution >= 4 is 0 Å². The molecule has 0 aliphatic rings. The molecule has 1 aromatic heterocycles. The molecule has 0 atom stereocenters. The molecule has 0 saturated carbocycles. The van der Waals surface area contributed by atoms with Crippen LogP contribution in [0.3, 0.4) is 0 Å². The molecule has 3 nitrogen and oxygen atoms in total. The van der Waals surface area contributed by atoms with Crippen LogP contribution >= 0.6 is 0 Å². The van der Waals surface area contributed by atoms with Crippen molar-refractivity contribution in [3.8, 4) is 5.75 Å². The van der Waals surface area contributed by atoms with Crippen LogP contribution in [0.15, 0.2) is 18.3 Å². The number of aromatic nitrogens is 1. The van der Waals surface area contributed by atoms with Crippen molar-refractivity contribution in [3.05, 3.63) is 24.0 Å². The standard InChI is InChI=1S/C10H16N2O/c1-8(2)5-11-6-9-3-4-10(13)7-12-9/h3-4,7-8,11,13H,5-6H2,1-2H3. The maximum absolute atomic E-state index is 8.99. The van der Waals surface area contributed by atoms with Gasteiger partial charge >= 0.3 is 0 Å². The van der Waals surface area contributed by atoms with Gasteiger partial charge in [-0.2, -0.15) is 0 Å². The number of aromatic hydroxyl groups is 1. The third-order valence-electron chi connectivity index (χ3n) is 1.67. The highest BCUT2D eigenvalue weighted by Crippen LogP contribution is 2.05. The molecule has 0 aliphatic heterocycles. The predicted molar refractivity (Wildman–Crippen MR) is 52.4 cm³/mol. The first-order chi connectivity index (χ1) is 6.18. The van der Waals surface area contributed by atoms with Crippen molar-refractivity contribution < 1.29 is 5.11 Å². The molecule has 72 valence electrons. The molecule has 1 heterocycles. The van der Waals surface area contributed by atoms with Gasteiger partial charge in [0.2, 0.25) is 0 Å². The summed E-state index contributed by atoms with van der Waals surface area (Å²) in [5.74, 6) is 0.865. The topological polar surface area (TPSA) is 45.1 Å². The van der Waals surface area contributed by atoms with Gasteiger partial charge in [0.15, 0.2) is 0 Å². The monoisotopic (exact) mass is 180 g/mol. The van der Waals surface area contributed by atoms with Crippen molar-refractivity contribution in [1.82, 2.24) is 10.3 Å². The molecule has 0 aromatic carbocycles. The van der Waals surface area contributed by atoms with Crippen LogP contribution in [0.1, 0.15) is 19.5 Å². The van der Waals surface area contributed by atoms with Gasteiger partial charge in [-0.1, -0.05) is 13.8 Å². The molecule has 0 bridgehead atoms. The Morgan fingerprint density at radius 2 is 2.23 bits per heavy atom. The minimum atomic E-state index is 0.215. The van der Waals surface area contributed by atoms with Crippen LogP contribution < -0.4 is 5.32 Å². The Labute approximate surface area is 78.8 Å². The van der Waals surface area contributed by atoms with Crippen LogP contribution in [0.2, 0.25) is 0 Å². The first-order valence-corrected chi connectivity index (χ1v) is 4.53. The number of pyridine rings is 1. The van der Waals surface area contributed by atoms with Gasteiger partial charge in [0, 0.05) is 6.54 Å². The van der Waals surface area contributed by atoms with Crippen LogP contribution in [-0.2, 0) is 6.54 Å². The summed E-state index contributed by atoms with van der Waals surface area (Å²) < 4.78 is 0. The fourth-order valence-electron chi connectivity index (χ4n) is 1.01. The van der Waals surface area contributed by atoms with E-state index >= 15 is 0 Å². The van der Waals surface area contributed by atoms with Gasteiger partial charge in [-0.3, -0.25) is 4.98 Å². The third kappa shape index (κ3) is 3.90. The van der Waals surface area contributed by atoms with Crippen molar-refractivity contribution in [3.63, 3.8) is 0 Å². The van der Waals surface area contributed by atoms with Crippen LogP contribution in [0, 0.1) is 5.92 Å². The molecule has 0 saturated heterocycles. The Kier molecular flexibility index (Phi) is 3.71. The zero-order valence-electron chi connectivity index (χ0n) is 8.12. The summed E-state index contributed by atoms with van der Waals surface area (Å²) in [6, 6.07) is 3.47. The maximum atomic E-state index is 8.99. The van der Waals surface area contributed by atoms with E-state index < -0.39 is 0 Å². The molecule has 0 unspecified atom stereocenters.